The van der Waals surface area contributed by atoms with Gasteiger partial charge in [0.05, 0.1) is 13.0 Å². The molecular weight excluding hydrogens is 218 g/mol. The molecule has 0 aliphatic carbocycles. The lowest BCUT2D eigenvalue weighted by molar-refractivity contribution is -0.138. The maximum atomic E-state index is 10.3. The van der Waals surface area contributed by atoms with E-state index in [1.165, 1.54) is 0 Å². The Morgan fingerprint density at radius 3 is 1.71 bits per heavy atom. The lowest BCUT2D eigenvalue weighted by Gasteiger charge is -1.90. The quantitative estimate of drug-likeness (QED) is 0.434. The van der Waals surface area contributed by atoms with Crippen LogP contribution in [0, 0.1) is 0 Å². The minimum absolute atomic E-state index is 0.0475. The Morgan fingerprint density at radius 1 is 1.14 bits per heavy atom. The summed E-state index contributed by atoms with van der Waals surface area (Å²) in [7, 11) is -4.67. The molecule has 0 saturated heterocycles. The highest BCUT2D eigenvalue weighted by atomic mass is 32.3. The fourth-order valence-corrected chi connectivity index (χ4v) is 0.348. The molecule has 5 N–H and O–H groups in total. The van der Waals surface area contributed by atoms with Gasteiger partial charge >= 0.3 is 16.4 Å². The van der Waals surface area contributed by atoms with Crippen LogP contribution in [-0.4, -0.2) is 40.9 Å². The molecule has 0 aromatic carbocycles. The van der Waals surface area contributed by atoms with Gasteiger partial charge in [0, 0.05) is 6.42 Å². The van der Waals surface area contributed by atoms with E-state index in [2.05, 4.69) is 0 Å². The predicted molar refractivity (Wildman–Crippen MR) is 45.1 cm³/mol. The number of carbonyl (C=O) groups excluding carboxylic acids is 1. The third-order valence-electron chi connectivity index (χ3n) is 0.845. The average Bonchev–Trinajstić information content (AvgIpc) is 1.96. The Morgan fingerprint density at radius 2 is 1.50 bits per heavy atom. The maximum absolute atomic E-state index is 10.3. The number of rotatable bonds is 4. The Labute approximate surface area is 80.3 Å². The number of aliphatic carboxylic acids is 1. The lowest BCUT2D eigenvalue weighted by atomic mass is 10.2. The fourth-order valence-electron chi connectivity index (χ4n) is 0.348. The van der Waals surface area contributed by atoms with Crippen molar-refractivity contribution in [3.05, 3.63) is 0 Å². The minimum Gasteiger partial charge on any atom is -0.481 e. The van der Waals surface area contributed by atoms with Crippen LogP contribution in [0.3, 0.4) is 0 Å². The van der Waals surface area contributed by atoms with E-state index in [-0.39, 0.29) is 25.2 Å². The molecule has 9 heteroatoms. The van der Waals surface area contributed by atoms with Crippen LogP contribution in [0.5, 0.6) is 0 Å². The first-order chi connectivity index (χ1) is 6.16. The van der Waals surface area contributed by atoms with Crippen molar-refractivity contribution >= 4 is 22.2 Å². The van der Waals surface area contributed by atoms with Crippen LogP contribution in [0.15, 0.2) is 0 Å². The number of carbonyl (C=O) groups is 2. The molecule has 0 radical (unpaired) electrons. The fraction of sp³-hybridized carbons (Fsp3) is 0.600. The first kappa shape index (κ1) is 15.4. The number of hydrogen-bond donors (Lipinski definition) is 4. The molecule has 84 valence electrons. The van der Waals surface area contributed by atoms with E-state index in [1.807, 2.05) is 0 Å². The number of ketones is 1. The largest absolute Gasteiger partial charge is 0.481 e. The molecule has 8 nitrogen and oxygen atoms in total. The number of carboxylic acid groups (broad SMARTS) is 1. The van der Waals surface area contributed by atoms with Crippen molar-refractivity contribution in [1.82, 2.24) is 0 Å². The van der Waals surface area contributed by atoms with E-state index >= 15 is 0 Å². The summed E-state index contributed by atoms with van der Waals surface area (Å²) in [5.41, 5.74) is 4.92. The molecule has 14 heavy (non-hydrogen) atoms. The average molecular weight is 229 g/mol. The first-order valence-corrected chi connectivity index (χ1v) is 4.70. The smallest absolute Gasteiger partial charge is 0.394 e. The summed E-state index contributed by atoms with van der Waals surface area (Å²) in [5, 5.41) is 8.06. The molecule has 0 fully saturated rings. The Bertz CT molecular complexity index is 274. The second-order valence-electron chi connectivity index (χ2n) is 2.08. The summed E-state index contributed by atoms with van der Waals surface area (Å²) in [6, 6.07) is 0. The van der Waals surface area contributed by atoms with Crippen molar-refractivity contribution in [2.24, 2.45) is 5.73 Å². The highest BCUT2D eigenvalue weighted by molar-refractivity contribution is 7.79. The van der Waals surface area contributed by atoms with Gasteiger partial charge in [-0.1, -0.05) is 0 Å². The van der Waals surface area contributed by atoms with Gasteiger partial charge in [-0.05, 0) is 0 Å². The van der Waals surface area contributed by atoms with Gasteiger partial charge in [-0.25, -0.2) is 0 Å². The zero-order valence-corrected chi connectivity index (χ0v) is 7.90. The highest BCUT2D eigenvalue weighted by Gasteiger charge is 2.01. The van der Waals surface area contributed by atoms with E-state index in [0.29, 0.717) is 0 Å². The lowest BCUT2D eigenvalue weighted by Crippen LogP contribution is -2.14. The third-order valence-corrected chi connectivity index (χ3v) is 0.845. The summed E-state index contributed by atoms with van der Waals surface area (Å²) in [6.45, 7) is -0.0622. The topological polar surface area (TPSA) is 155 Å². The molecule has 0 aliphatic rings. The van der Waals surface area contributed by atoms with E-state index in [0.717, 1.165) is 0 Å². The van der Waals surface area contributed by atoms with Gasteiger partial charge in [-0.15, -0.1) is 0 Å². The molecule has 0 heterocycles. The van der Waals surface area contributed by atoms with Gasteiger partial charge in [0.25, 0.3) is 0 Å². The molecule has 0 aliphatic heterocycles. The van der Waals surface area contributed by atoms with Crippen LogP contribution in [0.2, 0.25) is 0 Å². The highest BCUT2D eigenvalue weighted by Crippen LogP contribution is 1.87. The van der Waals surface area contributed by atoms with Crippen LogP contribution < -0.4 is 5.73 Å². The maximum Gasteiger partial charge on any atom is 0.394 e. The van der Waals surface area contributed by atoms with Gasteiger partial charge in [0.1, 0.15) is 5.78 Å². The van der Waals surface area contributed by atoms with Gasteiger partial charge in [-0.2, -0.15) is 8.42 Å². The van der Waals surface area contributed by atoms with E-state index in [4.69, 9.17) is 28.4 Å². The number of carboxylic acids is 1. The molecular formula is C5H11NO7S. The van der Waals surface area contributed by atoms with Gasteiger partial charge in [-0.3, -0.25) is 18.7 Å². The van der Waals surface area contributed by atoms with Crippen LogP contribution in [0.4, 0.5) is 0 Å². The molecule has 0 amide bonds. The Hall–Kier alpha value is -1.03. The van der Waals surface area contributed by atoms with Crippen molar-refractivity contribution in [2.45, 2.75) is 12.8 Å². The van der Waals surface area contributed by atoms with Crippen molar-refractivity contribution in [1.29, 1.82) is 0 Å². The summed E-state index contributed by atoms with van der Waals surface area (Å²) >= 11 is 0. The van der Waals surface area contributed by atoms with Crippen molar-refractivity contribution in [3.8, 4) is 0 Å². The van der Waals surface area contributed by atoms with E-state index in [9.17, 15) is 9.59 Å². The van der Waals surface area contributed by atoms with Crippen molar-refractivity contribution < 1.29 is 32.2 Å². The van der Waals surface area contributed by atoms with Gasteiger partial charge < -0.3 is 10.8 Å². The van der Waals surface area contributed by atoms with Crippen LogP contribution in [0.25, 0.3) is 0 Å². The van der Waals surface area contributed by atoms with Crippen LogP contribution in [0.1, 0.15) is 12.8 Å². The second kappa shape index (κ2) is 7.38. The summed E-state index contributed by atoms with van der Waals surface area (Å²) in [5.74, 6) is -1.17. The van der Waals surface area contributed by atoms with Crippen LogP contribution >= 0.6 is 0 Å². The summed E-state index contributed by atoms with van der Waals surface area (Å²) in [6.07, 6.45) is -0.0676. The van der Waals surface area contributed by atoms with Gasteiger partial charge in [0.15, 0.2) is 0 Å². The molecule has 0 bridgehead atoms. The van der Waals surface area contributed by atoms with Crippen molar-refractivity contribution in [3.63, 3.8) is 0 Å². The normalized spacial score (nSPS) is 9.93. The standard InChI is InChI=1S/C5H9NO3.H2O4S/c6-3-4(7)1-2-5(8)9;1-5(2,3)4/h1-3,6H2,(H,8,9);(H2,1,2,3,4). The number of hydrogen-bond acceptors (Lipinski definition) is 5. The molecule has 0 aromatic heterocycles. The molecule has 0 saturated carbocycles. The second-order valence-corrected chi connectivity index (χ2v) is 2.98. The predicted octanol–water partition coefficient (Wildman–Crippen LogP) is -1.27. The Kier molecular flexibility index (Phi) is 8.14. The number of Topliss-reactive ketones (excluding diaryl/α,β-unsaturated/α-hetero) is 1. The number of nitrogens with two attached hydrogens (primary N) is 1. The van der Waals surface area contributed by atoms with Crippen LogP contribution in [-0.2, 0) is 20.0 Å². The summed E-state index contributed by atoms with van der Waals surface area (Å²) < 4.78 is 31.6. The van der Waals surface area contributed by atoms with E-state index in [1.54, 1.807) is 0 Å². The third kappa shape index (κ3) is 30.6. The van der Waals surface area contributed by atoms with Crippen molar-refractivity contribution in [2.75, 3.05) is 6.54 Å². The summed E-state index contributed by atoms with van der Waals surface area (Å²) in [4.78, 5) is 20.2. The molecule has 0 rings (SSSR count). The monoisotopic (exact) mass is 229 g/mol. The Balaban J connectivity index is 0. The minimum atomic E-state index is -4.67. The zero-order chi connectivity index (χ0) is 11.8. The first-order valence-electron chi connectivity index (χ1n) is 3.30. The molecule has 0 atom stereocenters. The zero-order valence-electron chi connectivity index (χ0n) is 7.08. The molecule has 0 unspecified atom stereocenters. The molecule has 0 aromatic rings. The van der Waals surface area contributed by atoms with E-state index < -0.39 is 16.4 Å². The molecule has 0 spiro atoms. The SMILES string of the molecule is NCC(=O)CCC(=O)O.O=S(=O)(O)O. The van der Waals surface area contributed by atoms with Gasteiger partial charge in [0.2, 0.25) is 0 Å².